The molecule has 0 amide bonds. The summed E-state index contributed by atoms with van der Waals surface area (Å²) < 4.78 is 1.74. The van der Waals surface area contributed by atoms with Gasteiger partial charge in [0.15, 0.2) is 0 Å². The van der Waals surface area contributed by atoms with Crippen molar-refractivity contribution in [3.8, 4) is 0 Å². The maximum absolute atomic E-state index is 4.73. The molecule has 2 heteroatoms. The van der Waals surface area contributed by atoms with E-state index in [0.29, 0.717) is 0 Å². The van der Waals surface area contributed by atoms with E-state index in [4.69, 9.17) is 4.99 Å². The second-order valence-electron chi connectivity index (χ2n) is 4.09. The van der Waals surface area contributed by atoms with Crippen LogP contribution in [0.15, 0.2) is 39.5 Å². The zero-order valence-corrected chi connectivity index (χ0v) is 11.0. The Morgan fingerprint density at radius 1 is 1.47 bits per heavy atom. The van der Waals surface area contributed by atoms with Crippen LogP contribution in [0.4, 0.5) is 0 Å². The van der Waals surface area contributed by atoms with Crippen LogP contribution in [-0.4, -0.2) is 9.84 Å². The van der Waals surface area contributed by atoms with E-state index in [1.165, 1.54) is 25.0 Å². The Hall–Kier alpha value is -0.487. The van der Waals surface area contributed by atoms with Gasteiger partial charge in [-0.25, -0.2) is 0 Å². The van der Waals surface area contributed by atoms with Crippen molar-refractivity contribution in [2.24, 2.45) is 4.99 Å². The minimum absolute atomic E-state index is 0.112. The fourth-order valence-electron chi connectivity index (χ4n) is 1.77. The molecule has 0 saturated heterocycles. The quantitative estimate of drug-likeness (QED) is 0.690. The van der Waals surface area contributed by atoms with Crippen molar-refractivity contribution in [2.75, 3.05) is 0 Å². The van der Waals surface area contributed by atoms with E-state index in [1.54, 1.807) is 4.17 Å². The summed E-state index contributed by atoms with van der Waals surface area (Å²) in [6.45, 7) is 4.34. The molecule has 1 heterocycles. The van der Waals surface area contributed by atoms with E-state index < -0.39 is 0 Å². The summed E-state index contributed by atoms with van der Waals surface area (Å²) in [5.41, 5.74) is 1.18. The Morgan fingerprint density at radius 2 is 2.33 bits per heavy atom. The van der Waals surface area contributed by atoms with Crippen LogP contribution in [0.1, 0.15) is 33.1 Å². The molecule has 15 heavy (non-hydrogen) atoms. The summed E-state index contributed by atoms with van der Waals surface area (Å²) in [6.07, 6.45) is 15.0. The molecule has 1 aliphatic heterocycles. The van der Waals surface area contributed by atoms with Crippen molar-refractivity contribution < 1.29 is 17.1 Å². The van der Waals surface area contributed by atoms with Gasteiger partial charge in [-0.05, 0) is 0 Å². The standard InChI is InChI=1S/C7H9.C6H8N.Ru/c1-2-4-6-7-5-3-1;1-5-3-4-6(2)7-5;/h1-3H,4,6-7H2;3-4H,1-2H3;. The summed E-state index contributed by atoms with van der Waals surface area (Å²) >= 11 is 0.201. The van der Waals surface area contributed by atoms with Crippen molar-refractivity contribution in [2.45, 2.75) is 37.2 Å². The summed E-state index contributed by atoms with van der Waals surface area (Å²) in [6, 6.07) is 0. The summed E-state index contributed by atoms with van der Waals surface area (Å²) in [5.74, 6) is 0. The zero-order chi connectivity index (χ0) is 10.7. The molecular weight excluding hydrogens is 271 g/mol. The topological polar surface area (TPSA) is 12.4 Å². The Morgan fingerprint density at radius 3 is 3.07 bits per heavy atom. The van der Waals surface area contributed by atoms with Crippen LogP contribution < -0.4 is 0 Å². The third-order valence-corrected chi connectivity index (χ3v) is 5.14. The number of nitrogens with zero attached hydrogens (tertiary/aromatic N) is 1. The summed E-state index contributed by atoms with van der Waals surface area (Å²) in [5, 5.41) is 0. The van der Waals surface area contributed by atoms with Crippen LogP contribution in [0.3, 0.4) is 0 Å². The van der Waals surface area contributed by atoms with E-state index in [1.807, 2.05) is 0 Å². The second-order valence-corrected chi connectivity index (χ2v) is 7.40. The minimum atomic E-state index is 0.112. The Labute approximate surface area is 99.7 Å². The fourth-order valence-corrected chi connectivity index (χ4v) is 4.43. The molecule has 1 nitrogen and oxygen atoms in total. The van der Waals surface area contributed by atoms with Crippen molar-refractivity contribution in [1.29, 1.82) is 0 Å². The van der Waals surface area contributed by atoms with Gasteiger partial charge in [-0.15, -0.1) is 0 Å². The Balaban J connectivity index is 2.06. The first-order valence-electron chi connectivity index (χ1n) is 5.43. The molecule has 0 aromatic carbocycles. The monoisotopic (exact) mass is 289 g/mol. The predicted octanol–water partition coefficient (Wildman–Crippen LogP) is 3.44. The van der Waals surface area contributed by atoms with Gasteiger partial charge in [0.1, 0.15) is 0 Å². The SMILES string of the molecule is CC1=N[C](C)([Ru][C]2=CC=CCCC2)C=C1. The molecule has 82 valence electrons. The number of hydrogen-bond donors (Lipinski definition) is 0. The molecule has 0 radical (unpaired) electrons. The summed E-state index contributed by atoms with van der Waals surface area (Å²) in [4.78, 5) is 4.73. The average molecular weight is 288 g/mol. The zero-order valence-electron chi connectivity index (χ0n) is 9.31. The third-order valence-electron chi connectivity index (χ3n) is 2.50. The number of hydrogen-bond acceptors (Lipinski definition) is 1. The molecule has 0 bridgehead atoms. The number of rotatable bonds is 2. The molecule has 1 aliphatic carbocycles. The van der Waals surface area contributed by atoms with Crippen LogP contribution >= 0.6 is 0 Å². The first-order chi connectivity index (χ1) is 7.18. The van der Waals surface area contributed by atoms with Crippen molar-refractivity contribution in [1.82, 2.24) is 0 Å². The van der Waals surface area contributed by atoms with E-state index in [-0.39, 0.29) is 21.3 Å². The molecule has 0 N–H and O–H groups in total. The number of aliphatic imine (C=N–C) groups is 1. The molecule has 1 unspecified atom stereocenters. The summed E-state index contributed by atoms with van der Waals surface area (Å²) in [7, 11) is 0. The van der Waals surface area contributed by atoms with Gasteiger partial charge >= 0.3 is 99.6 Å². The first kappa shape index (κ1) is 11.0. The normalized spacial score (nSPS) is 30.3. The van der Waals surface area contributed by atoms with E-state index >= 15 is 0 Å². The van der Waals surface area contributed by atoms with Crippen LogP contribution in [-0.2, 0) is 17.1 Å². The van der Waals surface area contributed by atoms with Gasteiger partial charge in [0, 0.05) is 0 Å². The predicted molar refractivity (Wildman–Crippen MR) is 61.7 cm³/mol. The molecule has 0 aromatic heterocycles. The maximum atomic E-state index is 4.73. The van der Waals surface area contributed by atoms with Crippen molar-refractivity contribution in [3.05, 3.63) is 34.5 Å². The molecule has 2 rings (SSSR count). The average Bonchev–Trinajstić information content (AvgIpc) is 2.42. The van der Waals surface area contributed by atoms with Crippen LogP contribution in [0.5, 0.6) is 0 Å². The first-order valence-corrected chi connectivity index (χ1v) is 7.17. The third kappa shape index (κ3) is 2.98. The fraction of sp³-hybridized carbons (Fsp3) is 0.462. The van der Waals surface area contributed by atoms with Gasteiger partial charge in [-0.3, -0.25) is 0 Å². The Kier molecular flexibility index (Phi) is 3.36. The van der Waals surface area contributed by atoms with Gasteiger partial charge in [0.25, 0.3) is 0 Å². The van der Waals surface area contributed by atoms with Crippen LogP contribution in [0.25, 0.3) is 0 Å². The molecule has 2 aliphatic rings. The van der Waals surface area contributed by atoms with Gasteiger partial charge in [0.2, 0.25) is 0 Å². The van der Waals surface area contributed by atoms with E-state index in [0.717, 1.165) is 0 Å². The second kappa shape index (κ2) is 4.57. The molecule has 0 spiro atoms. The van der Waals surface area contributed by atoms with Gasteiger partial charge < -0.3 is 0 Å². The van der Waals surface area contributed by atoms with Crippen LogP contribution in [0, 0.1) is 0 Å². The Bertz CT molecular complexity index is 363. The molecule has 0 aromatic rings. The molecule has 0 saturated carbocycles. The van der Waals surface area contributed by atoms with E-state index in [9.17, 15) is 0 Å². The number of allylic oxidation sites excluding steroid dienone is 5. The van der Waals surface area contributed by atoms with Gasteiger partial charge in [-0.1, -0.05) is 0 Å². The van der Waals surface area contributed by atoms with Crippen LogP contribution in [0.2, 0.25) is 0 Å². The van der Waals surface area contributed by atoms with Crippen molar-refractivity contribution >= 4 is 5.71 Å². The van der Waals surface area contributed by atoms with Gasteiger partial charge in [-0.2, -0.15) is 0 Å². The molecule has 0 fully saturated rings. The van der Waals surface area contributed by atoms with Crippen molar-refractivity contribution in [3.63, 3.8) is 0 Å². The molecular formula is C13H17NRu. The van der Waals surface area contributed by atoms with Gasteiger partial charge in [0.05, 0.1) is 0 Å². The molecule has 1 atom stereocenters. The van der Waals surface area contributed by atoms with E-state index in [2.05, 4.69) is 44.2 Å².